The van der Waals surface area contributed by atoms with Crippen LogP contribution < -0.4 is 14.4 Å². The first-order valence-corrected chi connectivity index (χ1v) is 11.6. The van der Waals surface area contributed by atoms with Gasteiger partial charge >= 0.3 is 0 Å². The van der Waals surface area contributed by atoms with Gasteiger partial charge in [-0.2, -0.15) is 0 Å². The van der Waals surface area contributed by atoms with Crippen molar-refractivity contribution in [1.29, 1.82) is 0 Å². The van der Waals surface area contributed by atoms with E-state index in [0.29, 0.717) is 30.3 Å². The maximum atomic E-state index is 12.1. The van der Waals surface area contributed by atoms with Gasteiger partial charge in [0, 0.05) is 18.0 Å². The van der Waals surface area contributed by atoms with E-state index < -0.39 is 10.0 Å². The summed E-state index contributed by atoms with van der Waals surface area (Å²) in [6, 6.07) is 12.8. The van der Waals surface area contributed by atoms with Crippen LogP contribution in [0.15, 0.2) is 42.5 Å². The third-order valence-corrected chi connectivity index (χ3v) is 5.99. The normalized spacial score (nSPS) is 11.2. The maximum Gasteiger partial charge on any atom is 0.232 e. The summed E-state index contributed by atoms with van der Waals surface area (Å²) < 4.78 is 31.2. The Bertz CT molecular complexity index is 947. The number of amides is 1. The molecule has 2 rings (SSSR count). The fourth-order valence-corrected chi connectivity index (χ4v) is 3.90. The molecular formula is C21H27ClN2O4S. The summed E-state index contributed by atoms with van der Waals surface area (Å²) in [6.07, 6.45) is 1.75. The Balaban J connectivity index is 1.79. The zero-order valence-corrected chi connectivity index (χ0v) is 18.5. The molecule has 158 valence electrons. The number of carbonyl (C=O) groups excluding carboxylic acids is 1. The summed E-state index contributed by atoms with van der Waals surface area (Å²) in [5.74, 6) is 0.649. The Morgan fingerprint density at radius 2 is 1.86 bits per heavy atom. The number of anilines is 1. The van der Waals surface area contributed by atoms with Gasteiger partial charge in [0.2, 0.25) is 15.9 Å². The number of hydrogen-bond acceptors (Lipinski definition) is 4. The second-order valence-corrected chi connectivity index (χ2v) is 9.15. The summed E-state index contributed by atoms with van der Waals surface area (Å²) >= 11 is 6.12. The van der Waals surface area contributed by atoms with Crippen molar-refractivity contribution in [3.63, 3.8) is 0 Å². The van der Waals surface area contributed by atoms with Gasteiger partial charge in [0.1, 0.15) is 12.4 Å². The predicted molar refractivity (Wildman–Crippen MR) is 117 cm³/mol. The number of halogens is 1. The van der Waals surface area contributed by atoms with E-state index in [4.69, 9.17) is 16.3 Å². The number of aryl methyl sites for hydroxylation is 2. The van der Waals surface area contributed by atoms with E-state index in [9.17, 15) is 13.2 Å². The molecule has 0 saturated carbocycles. The van der Waals surface area contributed by atoms with Crippen molar-refractivity contribution in [3.05, 3.63) is 58.6 Å². The molecule has 2 aromatic rings. The average molecular weight is 439 g/mol. The van der Waals surface area contributed by atoms with Crippen molar-refractivity contribution in [2.24, 2.45) is 0 Å². The number of para-hydroxylation sites is 1. The lowest BCUT2D eigenvalue weighted by Crippen LogP contribution is -2.33. The van der Waals surface area contributed by atoms with Crippen LogP contribution in [0.5, 0.6) is 5.75 Å². The molecule has 0 aliphatic rings. The molecule has 0 aliphatic heterocycles. The quantitative estimate of drug-likeness (QED) is 0.574. The van der Waals surface area contributed by atoms with Gasteiger partial charge in [-0.15, -0.1) is 0 Å². The molecule has 0 saturated heterocycles. The van der Waals surface area contributed by atoms with Gasteiger partial charge in [0.05, 0.1) is 18.5 Å². The van der Waals surface area contributed by atoms with Gasteiger partial charge in [-0.1, -0.05) is 35.9 Å². The minimum atomic E-state index is -3.48. The fraction of sp³-hybridized carbons (Fsp3) is 0.381. The third-order valence-electron chi connectivity index (χ3n) is 4.38. The summed E-state index contributed by atoms with van der Waals surface area (Å²) in [5, 5.41) is 3.29. The molecule has 8 heteroatoms. The van der Waals surface area contributed by atoms with Crippen molar-refractivity contribution in [2.45, 2.75) is 26.7 Å². The first-order chi connectivity index (χ1) is 13.7. The molecule has 0 spiro atoms. The summed E-state index contributed by atoms with van der Waals surface area (Å²) in [4.78, 5) is 12.0. The molecule has 6 nitrogen and oxygen atoms in total. The molecule has 0 bridgehead atoms. The highest BCUT2D eigenvalue weighted by Gasteiger charge is 2.18. The highest BCUT2D eigenvalue weighted by molar-refractivity contribution is 7.92. The Morgan fingerprint density at radius 3 is 2.52 bits per heavy atom. The number of benzene rings is 2. The zero-order chi connectivity index (χ0) is 21.4. The molecule has 0 fully saturated rings. The largest absolute Gasteiger partial charge is 0.491 e. The van der Waals surface area contributed by atoms with E-state index in [1.54, 1.807) is 18.2 Å². The lowest BCUT2D eigenvalue weighted by atomic mass is 10.2. The number of nitrogens with zero attached hydrogens (tertiary/aromatic N) is 1. The van der Waals surface area contributed by atoms with Crippen molar-refractivity contribution in [1.82, 2.24) is 5.32 Å². The van der Waals surface area contributed by atoms with Crippen LogP contribution in [0.25, 0.3) is 0 Å². The number of hydrogen-bond donors (Lipinski definition) is 1. The highest BCUT2D eigenvalue weighted by atomic mass is 35.5. The van der Waals surface area contributed by atoms with Crippen molar-refractivity contribution in [2.75, 3.05) is 30.3 Å². The summed E-state index contributed by atoms with van der Waals surface area (Å²) in [7, 11) is -3.48. The molecular weight excluding hydrogens is 412 g/mol. The van der Waals surface area contributed by atoms with Crippen molar-refractivity contribution < 1.29 is 17.9 Å². The van der Waals surface area contributed by atoms with Crippen LogP contribution in [0.3, 0.4) is 0 Å². The molecule has 0 unspecified atom stereocenters. The van der Waals surface area contributed by atoms with Crippen LogP contribution in [-0.4, -0.2) is 40.3 Å². The van der Waals surface area contributed by atoms with E-state index in [1.165, 1.54) is 4.31 Å². The van der Waals surface area contributed by atoms with Gasteiger partial charge in [-0.05, 0) is 49.6 Å². The van der Waals surface area contributed by atoms with Crippen LogP contribution in [-0.2, 0) is 14.8 Å². The molecule has 0 atom stereocenters. The van der Waals surface area contributed by atoms with E-state index >= 15 is 0 Å². The second kappa shape index (κ2) is 10.5. The van der Waals surface area contributed by atoms with E-state index in [-0.39, 0.29) is 18.9 Å². The lowest BCUT2D eigenvalue weighted by Gasteiger charge is -2.23. The van der Waals surface area contributed by atoms with Crippen LogP contribution >= 0.6 is 11.6 Å². The van der Waals surface area contributed by atoms with Gasteiger partial charge in [0.25, 0.3) is 0 Å². The third kappa shape index (κ3) is 7.25. The Hall–Kier alpha value is -2.25. The van der Waals surface area contributed by atoms with Gasteiger partial charge < -0.3 is 10.1 Å². The first-order valence-electron chi connectivity index (χ1n) is 9.37. The lowest BCUT2D eigenvalue weighted by molar-refractivity contribution is -0.121. The molecule has 0 aromatic heterocycles. The molecule has 1 amide bonds. The number of nitrogens with one attached hydrogen (secondary N) is 1. The Labute approximate surface area is 177 Å². The molecule has 0 aliphatic carbocycles. The molecule has 29 heavy (non-hydrogen) atoms. The van der Waals surface area contributed by atoms with E-state index in [1.807, 2.05) is 38.1 Å². The topological polar surface area (TPSA) is 75.7 Å². The number of sulfonamides is 1. The Morgan fingerprint density at radius 1 is 1.14 bits per heavy atom. The molecule has 1 N–H and O–H groups in total. The SMILES string of the molecule is Cc1ccc(N(CCCC(=O)NCCOc2ccccc2C)S(C)(=O)=O)cc1Cl. The van der Waals surface area contributed by atoms with Crippen molar-refractivity contribution >= 4 is 33.2 Å². The zero-order valence-electron chi connectivity index (χ0n) is 16.9. The minimum Gasteiger partial charge on any atom is -0.491 e. The van der Waals surface area contributed by atoms with Gasteiger partial charge in [-0.3, -0.25) is 9.10 Å². The molecule has 0 heterocycles. The number of rotatable bonds is 10. The highest BCUT2D eigenvalue weighted by Crippen LogP contribution is 2.25. The number of carbonyl (C=O) groups is 1. The smallest absolute Gasteiger partial charge is 0.232 e. The molecule has 2 aromatic carbocycles. The average Bonchev–Trinajstić information content (AvgIpc) is 2.65. The monoisotopic (exact) mass is 438 g/mol. The predicted octanol–water partition coefficient (Wildman–Crippen LogP) is 3.70. The van der Waals surface area contributed by atoms with Crippen molar-refractivity contribution in [3.8, 4) is 5.75 Å². The summed E-state index contributed by atoms with van der Waals surface area (Å²) in [5.41, 5.74) is 2.40. The minimum absolute atomic E-state index is 0.145. The van der Waals surface area contributed by atoms with Gasteiger partial charge in [-0.25, -0.2) is 8.42 Å². The van der Waals surface area contributed by atoms with Crippen LogP contribution in [0.1, 0.15) is 24.0 Å². The standard InChI is InChI=1S/C21H27ClN2O4S/c1-16-10-11-18(15-19(16)22)24(29(3,26)27)13-6-9-21(25)23-12-14-28-20-8-5-4-7-17(20)2/h4-5,7-8,10-11,15H,6,9,12-14H2,1-3H3,(H,23,25). The van der Waals surface area contributed by atoms with Crippen LogP contribution in [0.2, 0.25) is 5.02 Å². The second-order valence-electron chi connectivity index (χ2n) is 6.84. The summed E-state index contributed by atoms with van der Waals surface area (Å²) in [6.45, 7) is 4.77. The fourth-order valence-electron chi connectivity index (χ4n) is 2.76. The number of ether oxygens (including phenoxy) is 1. The Kier molecular flexibility index (Phi) is 8.34. The van der Waals surface area contributed by atoms with E-state index in [0.717, 1.165) is 23.1 Å². The van der Waals surface area contributed by atoms with Gasteiger partial charge in [0.15, 0.2) is 0 Å². The van der Waals surface area contributed by atoms with Crippen LogP contribution in [0.4, 0.5) is 5.69 Å². The maximum absolute atomic E-state index is 12.1. The van der Waals surface area contributed by atoms with E-state index in [2.05, 4.69) is 5.32 Å². The first kappa shape index (κ1) is 23.0. The molecule has 0 radical (unpaired) electrons. The van der Waals surface area contributed by atoms with Crippen LogP contribution in [0, 0.1) is 13.8 Å².